The van der Waals surface area contributed by atoms with Crippen molar-refractivity contribution in [1.29, 1.82) is 0 Å². The first-order valence-electron chi connectivity index (χ1n) is 9.62. The van der Waals surface area contributed by atoms with Gasteiger partial charge < -0.3 is 19.7 Å². The zero-order valence-corrected chi connectivity index (χ0v) is 17.1. The molecule has 0 bridgehead atoms. The Morgan fingerprint density at radius 2 is 1.61 bits per heavy atom. The van der Waals surface area contributed by atoms with E-state index in [1.807, 2.05) is 30.3 Å². The molecule has 6 heteroatoms. The van der Waals surface area contributed by atoms with Gasteiger partial charge in [0.1, 0.15) is 23.8 Å². The van der Waals surface area contributed by atoms with Crippen LogP contribution < -0.4 is 19.7 Å². The number of nitrogens with zero attached hydrogens (tertiary/aromatic N) is 1. The van der Waals surface area contributed by atoms with Crippen LogP contribution in [0.2, 0.25) is 0 Å². The molecule has 3 aromatic rings. The van der Waals surface area contributed by atoms with Gasteiger partial charge in [-0.3, -0.25) is 9.59 Å². The number of terminal acetylenes is 1. The zero-order chi connectivity index (χ0) is 22.1. The topological polar surface area (TPSA) is 67.9 Å². The highest BCUT2D eigenvalue weighted by Gasteiger charge is 2.19. The first-order chi connectivity index (χ1) is 15.1. The molecular formula is C25H22N2O4. The third-order valence-corrected chi connectivity index (χ3v) is 4.37. The van der Waals surface area contributed by atoms with E-state index in [2.05, 4.69) is 11.2 Å². The molecule has 0 aromatic heterocycles. The number of carbonyl (C=O) groups excluding carboxylic acids is 2. The van der Waals surface area contributed by atoms with E-state index in [-0.39, 0.29) is 25.0 Å². The summed E-state index contributed by atoms with van der Waals surface area (Å²) in [6.07, 6.45) is 5.45. The fourth-order valence-electron chi connectivity index (χ4n) is 2.76. The van der Waals surface area contributed by atoms with Gasteiger partial charge in [0.2, 0.25) is 5.91 Å². The van der Waals surface area contributed by atoms with E-state index >= 15 is 0 Å². The molecule has 3 aromatic carbocycles. The van der Waals surface area contributed by atoms with Crippen LogP contribution >= 0.6 is 0 Å². The summed E-state index contributed by atoms with van der Waals surface area (Å²) >= 11 is 0. The maximum Gasteiger partial charge on any atom is 0.265 e. The Morgan fingerprint density at radius 1 is 0.935 bits per heavy atom. The van der Waals surface area contributed by atoms with E-state index < -0.39 is 0 Å². The van der Waals surface area contributed by atoms with Crippen molar-refractivity contribution < 1.29 is 19.1 Å². The molecule has 0 unspecified atom stereocenters. The Labute approximate surface area is 181 Å². The van der Waals surface area contributed by atoms with Crippen LogP contribution in [0.25, 0.3) is 0 Å². The molecule has 0 aliphatic rings. The Bertz CT molecular complexity index is 1070. The molecule has 3 rings (SSSR count). The quantitative estimate of drug-likeness (QED) is 0.572. The van der Waals surface area contributed by atoms with Gasteiger partial charge in [0.05, 0.1) is 0 Å². The number of likely N-dealkylation sites (N-methyl/N-ethyl adjacent to an activating group) is 1. The molecule has 0 aliphatic heterocycles. The van der Waals surface area contributed by atoms with Crippen LogP contribution in [0.15, 0.2) is 78.9 Å². The summed E-state index contributed by atoms with van der Waals surface area (Å²) in [7, 11) is 1.51. The first-order valence-corrected chi connectivity index (χ1v) is 9.62. The molecule has 2 amide bonds. The number of benzene rings is 3. The lowest BCUT2D eigenvalue weighted by Gasteiger charge is -2.22. The lowest BCUT2D eigenvalue weighted by molar-refractivity contribution is -0.124. The summed E-state index contributed by atoms with van der Waals surface area (Å²) in [5.74, 6) is 3.73. The van der Waals surface area contributed by atoms with Gasteiger partial charge in [-0.1, -0.05) is 30.2 Å². The van der Waals surface area contributed by atoms with Gasteiger partial charge in [0, 0.05) is 18.3 Å². The lowest BCUT2D eigenvalue weighted by Crippen LogP contribution is -2.42. The summed E-state index contributed by atoms with van der Waals surface area (Å²) in [5.41, 5.74) is 1.14. The molecule has 0 fully saturated rings. The number of hydrogen-bond acceptors (Lipinski definition) is 4. The molecule has 0 radical (unpaired) electrons. The predicted molar refractivity (Wildman–Crippen MR) is 119 cm³/mol. The number of para-hydroxylation sites is 1. The number of hydrogen-bond donors (Lipinski definition) is 1. The highest BCUT2D eigenvalue weighted by molar-refractivity contribution is 5.99. The molecule has 0 saturated carbocycles. The fourth-order valence-corrected chi connectivity index (χ4v) is 2.76. The first kappa shape index (κ1) is 21.5. The predicted octanol–water partition coefficient (Wildman–Crippen LogP) is 3.62. The zero-order valence-electron chi connectivity index (χ0n) is 17.1. The van der Waals surface area contributed by atoms with E-state index in [4.69, 9.17) is 15.9 Å². The number of nitrogens with one attached hydrogen (secondary N) is 1. The molecule has 31 heavy (non-hydrogen) atoms. The fraction of sp³-hybridized carbons (Fsp3) is 0.120. The highest BCUT2D eigenvalue weighted by atomic mass is 16.5. The summed E-state index contributed by atoms with van der Waals surface area (Å²) in [6.45, 7) is -0.382. The molecule has 0 atom stereocenters. The Kier molecular flexibility index (Phi) is 7.28. The minimum atomic E-state index is -0.373. The average molecular weight is 414 g/mol. The van der Waals surface area contributed by atoms with Gasteiger partial charge in [-0.15, -0.1) is 6.42 Å². The van der Waals surface area contributed by atoms with Crippen molar-refractivity contribution in [3.05, 3.63) is 84.4 Å². The summed E-state index contributed by atoms with van der Waals surface area (Å²) in [4.78, 5) is 26.1. The average Bonchev–Trinajstić information content (AvgIpc) is 2.82. The van der Waals surface area contributed by atoms with Crippen LogP contribution in [0.3, 0.4) is 0 Å². The SMILES string of the molecule is C#Cc1cccc(N(CC(=O)NC)C(=O)COc2ccc(Oc3ccccc3)cc2)c1. The third-order valence-electron chi connectivity index (χ3n) is 4.37. The van der Waals surface area contributed by atoms with E-state index in [9.17, 15) is 9.59 Å². The summed E-state index contributed by atoms with van der Waals surface area (Å²) < 4.78 is 11.4. The monoisotopic (exact) mass is 414 g/mol. The van der Waals surface area contributed by atoms with Crippen molar-refractivity contribution in [2.45, 2.75) is 0 Å². The second-order valence-electron chi connectivity index (χ2n) is 6.52. The van der Waals surface area contributed by atoms with Crippen molar-refractivity contribution in [1.82, 2.24) is 5.32 Å². The summed E-state index contributed by atoms with van der Waals surface area (Å²) in [5, 5.41) is 2.52. The number of carbonyl (C=O) groups is 2. The lowest BCUT2D eigenvalue weighted by atomic mass is 10.2. The van der Waals surface area contributed by atoms with Crippen molar-refractivity contribution in [2.75, 3.05) is 25.1 Å². The molecular weight excluding hydrogens is 392 g/mol. The molecule has 1 N–H and O–H groups in total. The van der Waals surface area contributed by atoms with Gasteiger partial charge in [0.15, 0.2) is 6.61 Å². The third kappa shape index (κ3) is 6.12. The van der Waals surface area contributed by atoms with Crippen LogP contribution in [-0.2, 0) is 9.59 Å². The standard InChI is InChI=1S/C25H22N2O4/c1-3-19-8-7-9-20(16-19)27(17-24(28)26-2)25(29)18-30-21-12-14-23(15-13-21)31-22-10-5-4-6-11-22/h1,4-16H,17-18H2,2H3,(H,26,28). The molecule has 0 heterocycles. The minimum Gasteiger partial charge on any atom is -0.484 e. The largest absolute Gasteiger partial charge is 0.484 e. The number of anilines is 1. The second kappa shape index (κ2) is 10.5. The molecule has 156 valence electrons. The van der Waals surface area contributed by atoms with Gasteiger partial charge in [-0.05, 0) is 54.6 Å². The number of rotatable bonds is 8. The van der Waals surface area contributed by atoms with Crippen molar-refractivity contribution >= 4 is 17.5 Å². The smallest absolute Gasteiger partial charge is 0.265 e. The van der Waals surface area contributed by atoms with Crippen LogP contribution in [0.5, 0.6) is 17.2 Å². The Balaban J connectivity index is 1.66. The maximum atomic E-state index is 12.8. The Morgan fingerprint density at radius 3 is 2.29 bits per heavy atom. The van der Waals surface area contributed by atoms with Gasteiger partial charge in [-0.2, -0.15) is 0 Å². The summed E-state index contributed by atoms with van der Waals surface area (Å²) in [6, 6.07) is 23.2. The van der Waals surface area contributed by atoms with Crippen LogP contribution in [0, 0.1) is 12.3 Å². The van der Waals surface area contributed by atoms with Crippen LogP contribution in [0.4, 0.5) is 5.69 Å². The minimum absolute atomic E-state index is 0.142. The van der Waals surface area contributed by atoms with E-state index in [1.54, 1.807) is 48.5 Å². The molecule has 0 spiro atoms. The maximum absolute atomic E-state index is 12.8. The normalized spacial score (nSPS) is 9.94. The number of ether oxygens (including phenoxy) is 2. The molecule has 0 aliphatic carbocycles. The van der Waals surface area contributed by atoms with E-state index in [0.29, 0.717) is 22.7 Å². The van der Waals surface area contributed by atoms with E-state index in [0.717, 1.165) is 5.75 Å². The van der Waals surface area contributed by atoms with Crippen LogP contribution in [-0.4, -0.2) is 32.0 Å². The Hall–Kier alpha value is -4.24. The van der Waals surface area contributed by atoms with Crippen molar-refractivity contribution in [3.8, 4) is 29.6 Å². The molecule has 6 nitrogen and oxygen atoms in total. The highest BCUT2D eigenvalue weighted by Crippen LogP contribution is 2.24. The van der Waals surface area contributed by atoms with Gasteiger partial charge in [0.25, 0.3) is 5.91 Å². The van der Waals surface area contributed by atoms with Crippen molar-refractivity contribution in [3.63, 3.8) is 0 Å². The van der Waals surface area contributed by atoms with Crippen molar-refractivity contribution in [2.24, 2.45) is 0 Å². The number of amides is 2. The van der Waals surface area contributed by atoms with Gasteiger partial charge >= 0.3 is 0 Å². The van der Waals surface area contributed by atoms with Crippen LogP contribution in [0.1, 0.15) is 5.56 Å². The second-order valence-corrected chi connectivity index (χ2v) is 6.52. The van der Waals surface area contributed by atoms with Gasteiger partial charge in [-0.25, -0.2) is 0 Å². The van der Waals surface area contributed by atoms with E-state index in [1.165, 1.54) is 11.9 Å². The molecule has 0 saturated heterocycles.